The number of benzene rings is 1. The molecule has 0 bridgehead atoms. The van der Waals surface area contributed by atoms with Gasteiger partial charge >= 0.3 is 0 Å². The number of carbonyl (C=O) groups excluding carboxylic acids is 1. The van der Waals surface area contributed by atoms with Crippen LogP contribution in [0.3, 0.4) is 0 Å². The van der Waals surface area contributed by atoms with E-state index in [0.29, 0.717) is 30.9 Å². The third kappa shape index (κ3) is 2.67. The highest BCUT2D eigenvalue weighted by Crippen LogP contribution is 2.36. The molecule has 0 unspecified atom stereocenters. The Morgan fingerprint density at radius 3 is 3.04 bits per heavy atom. The van der Waals surface area contributed by atoms with E-state index in [1.165, 1.54) is 16.8 Å². The highest BCUT2D eigenvalue weighted by molar-refractivity contribution is 5.90. The van der Waals surface area contributed by atoms with Gasteiger partial charge in [0, 0.05) is 30.9 Å². The highest BCUT2D eigenvalue weighted by atomic mass is 19.1. The molecule has 4 rings (SSSR count). The number of anilines is 2. The van der Waals surface area contributed by atoms with E-state index in [1.54, 1.807) is 0 Å². The third-order valence-corrected chi connectivity index (χ3v) is 5.55. The standard InChI is InChI=1S/C19H24FN5O/c1-3-24-7-5-14-16(10-24)23-25(18(14)21)19(26)13-4-6-22-17-11(2)8-12(20)9-15(13)17/h8-9,13,22H,3-7,10,21H2,1-2H3/t13-/m1/s1. The summed E-state index contributed by atoms with van der Waals surface area (Å²) in [6.07, 6.45) is 1.40. The molecule has 0 saturated heterocycles. The van der Waals surface area contributed by atoms with E-state index < -0.39 is 5.92 Å². The lowest BCUT2D eigenvalue weighted by molar-refractivity contribution is 0.0858. The number of nitrogen functional groups attached to an aromatic ring is 1. The van der Waals surface area contributed by atoms with Gasteiger partial charge in [0.15, 0.2) is 0 Å². The highest BCUT2D eigenvalue weighted by Gasteiger charge is 2.32. The molecular formula is C19H24FN5O. The fourth-order valence-corrected chi connectivity index (χ4v) is 4.10. The molecule has 0 spiro atoms. The van der Waals surface area contributed by atoms with Gasteiger partial charge in [-0.1, -0.05) is 6.92 Å². The van der Waals surface area contributed by atoms with Crippen LogP contribution in [0.5, 0.6) is 0 Å². The molecule has 1 aromatic carbocycles. The largest absolute Gasteiger partial charge is 0.385 e. The molecule has 1 aromatic heterocycles. The van der Waals surface area contributed by atoms with Gasteiger partial charge in [0.1, 0.15) is 11.6 Å². The first-order chi connectivity index (χ1) is 12.5. The molecular weight excluding hydrogens is 333 g/mol. The molecule has 2 aliphatic rings. The zero-order chi connectivity index (χ0) is 18.4. The van der Waals surface area contributed by atoms with Crippen LogP contribution in [-0.2, 0) is 13.0 Å². The summed E-state index contributed by atoms with van der Waals surface area (Å²) in [6.45, 7) is 7.21. The summed E-state index contributed by atoms with van der Waals surface area (Å²) in [5, 5.41) is 7.81. The first-order valence-corrected chi connectivity index (χ1v) is 9.16. The van der Waals surface area contributed by atoms with Crippen LogP contribution in [0.1, 0.15) is 46.4 Å². The molecule has 3 heterocycles. The quantitative estimate of drug-likeness (QED) is 0.864. The zero-order valence-corrected chi connectivity index (χ0v) is 15.2. The molecule has 0 radical (unpaired) electrons. The number of aryl methyl sites for hydroxylation is 1. The molecule has 138 valence electrons. The van der Waals surface area contributed by atoms with Crippen LogP contribution in [0.15, 0.2) is 12.1 Å². The smallest absolute Gasteiger partial charge is 0.256 e. The van der Waals surface area contributed by atoms with Gasteiger partial charge in [-0.2, -0.15) is 9.78 Å². The summed E-state index contributed by atoms with van der Waals surface area (Å²) in [4.78, 5) is 15.5. The molecule has 6 nitrogen and oxygen atoms in total. The van der Waals surface area contributed by atoms with E-state index in [4.69, 9.17) is 5.73 Å². The van der Waals surface area contributed by atoms with Gasteiger partial charge in [-0.25, -0.2) is 4.39 Å². The lowest BCUT2D eigenvalue weighted by Crippen LogP contribution is -2.30. The Kier molecular flexibility index (Phi) is 4.19. The number of rotatable bonds is 2. The average Bonchev–Trinajstić information content (AvgIpc) is 2.96. The normalized spacial score (nSPS) is 19.6. The van der Waals surface area contributed by atoms with Gasteiger partial charge in [-0.05, 0) is 49.6 Å². The van der Waals surface area contributed by atoms with Crippen molar-refractivity contribution in [3.05, 3.63) is 40.3 Å². The van der Waals surface area contributed by atoms with E-state index in [-0.39, 0.29) is 11.7 Å². The molecule has 0 amide bonds. The van der Waals surface area contributed by atoms with Crippen molar-refractivity contribution in [1.29, 1.82) is 0 Å². The van der Waals surface area contributed by atoms with Gasteiger partial charge in [0.25, 0.3) is 5.91 Å². The molecule has 7 heteroatoms. The lowest BCUT2D eigenvalue weighted by Gasteiger charge is -2.27. The summed E-state index contributed by atoms with van der Waals surface area (Å²) in [5.41, 5.74) is 10.5. The number of carbonyl (C=O) groups is 1. The maximum Gasteiger partial charge on any atom is 0.256 e. The predicted octanol–water partition coefficient (Wildman–Crippen LogP) is 2.53. The van der Waals surface area contributed by atoms with Crippen LogP contribution >= 0.6 is 0 Å². The summed E-state index contributed by atoms with van der Waals surface area (Å²) < 4.78 is 15.3. The Hall–Kier alpha value is -2.41. The van der Waals surface area contributed by atoms with Crippen molar-refractivity contribution in [3.63, 3.8) is 0 Å². The van der Waals surface area contributed by atoms with E-state index in [2.05, 4.69) is 22.2 Å². The summed E-state index contributed by atoms with van der Waals surface area (Å²) in [7, 11) is 0. The van der Waals surface area contributed by atoms with Gasteiger partial charge < -0.3 is 11.1 Å². The van der Waals surface area contributed by atoms with Crippen molar-refractivity contribution < 1.29 is 9.18 Å². The van der Waals surface area contributed by atoms with Crippen LogP contribution in [-0.4, -0.2) is 40.2 Å². The van der Waals surface area contributed by atoms with Crippen molar-refractivity contribution in [2.75, 3.05) is 30.7 Å². The fraction of sp³-hybridized carbons (Fsp3) is 0.474. The Morgan fingerprint density at radius 2 is 2.27 bits per heavy atom. The zero-order valence-electron chi connectivity index (χ0n) is 15.2. The fourth-order valence-electron chi connectivity index (χ4n) is 4.10. The second kappa shape index (κ2) is 6.39. The minimum atomic E-state index is -0.438. The minimum absolute atomic E-state index is 0.173. The molecule has 2 aromatic rings. The summed E-state index contributed by atoms with van der Waals surface area (Å²) >= 11 is 0. The van der Waals surface area contributed by atoms with E-state index >= 15 is 0 Å². The molecule has 3 N–H and O–H groups in total. The van der Waals surface area contributed by atoms with Crippen molar-refractivity contribution in [2.24, 2.45) is 0 Å². The van der Waals surface area contributed by atoms with Crippen LogP contribution < -0.4 is 11.1 Å². The number of nitrogens with zero attached hydrogens (tertiary/aromatic N) is 3. The van der Waals surface area contributed by atoms with Crippen molar-refractivity contribution in [2.45, 2.75) is 39.2 Å². The van der Waals surface area contributed by atoms with E-state index in [9.17, 15) is 9.18 Å². The molecule has 26 heavy (non-hydrogen) atoms. The number of likely N-dealkylation sites (N-methyl/N-ethyl adjacent to an activating group) is 1. The Labute approximate surface area is 152 Å². The Balaban J connectivity index is 1.71. The maximum atomic E-state index is 13.9. The average molecular weight is 357 g/mol. The summed E-state index contributed by atoms with van der Waals surface area (Å²) in [6, 6.07) is 2.94. The second-order valence-electron chi connectivity index (χ2n) is 7.13. The third-order valence-electron chi connectivity index (χ3n) is 5.55. The molecule has 1 atom stereocenters. The van der Waals surface area contributed by atoms with Crippen molar-refractivity contribution >= 4 is 17.4 Å². The molecule has 2 aliphatic heterocycles. The Bertz CT molecular complexity index is 875. The Morgan fingerprint density at radius 1 is 1.46 bits per heavy atom. The van der Waals surface area contributed by atoms with Crippen LogP contribution in [0.4, 0.5) is 15.9 Å². The first-order valence-electron chi connectivity index (χ1n) is 9.16. The van der Waals surface area contributed by atoms with Crippen LogP contribution in [0.2, 0.25) is 0 Å². The van der Waals surface area contributed by atoms with Gasteiger partial charge in [0.05, 0.1) is 11.6 Å². The minimum Gasteiger partial charge on any atom is -0.385 e. The van der Waals surface area contributed by atoms with E-state index in [0.717, 1.165) is 42.0 Å². The number of halogens is 1. The topological polar surface area (TPSA) is 76.2 Å². The van der Waals surface area contributed by atoms with E-state index in [1.807, 2.05) is 6.92 Å². The second-order valence-corrected chi connectivity index (χ2v) is 7.13. The molecule has 0 fully saturated rings. The number of aromatic nitrogens is 2. The van der Waals surface area contributed by atoms with Crippen LogP contribution in [0.25, 0.3) is 0 Å². The molecule has 0 aliphatic carbocycles. The van der Waals surface area contributed by atoms with Crippen LogP contribution in [0, 0.1) is 12.7 Å². The first kappa shape index (κ1) is 17.0. The number of nitrogens with one attached hydrogen (secondary N) is 1. The number of hydrogen-bond donors (Lipinski definition) is 2. The van der Waals surface area contributed by atoms with Gasteiger partial charge in [0.2, 0.25) is 0 Å². The maximum absolute atomic E-state index is 13.9. The number of nitrogens with two attached hydrogens (primary N) is 1. The van der Waals surface area contributed by atoms with Crippen molar-refractivity contribution in [1.82, 2.24) is 14.7 Å². The summed E-state index contributed by atoms with van der Waals surface area (Å²) in [5.74, 6) is -0.498. The number of fused-ring (bicyclic) bond motifs is 2. The lowest BCUT2D eigenvalue weighted by atomic mass is 9.88. The van der Waals surface area contributed by atoms with Gasteiger partial charge in [-0.15, -0.1) is 0 Å². The predicted molar refractivity (Wildman–Crippen MR) is 98.9 cm³/mol. The van der Waals surface area contributed by atoms with Gasteiger partial charge in [-0.3, -0.25) is 9.69 Å². The SMILES string of the molecule is CCN1CCc2c(nn(C(=O)[C@@H]3CCNc4c(C)cc(F)cc43)c2N)C1. The monoisotopic (exact) mass is 357 g/mol. The molecule has 0 saturated carbocycles. The number of hydrogen-bond acceptors (Lipinski definition) is 5. The van der Waals surface area contributed by atoms with Crippen molar-refractivity contribution in [3.8, 4) is 0 Å².